The van der Waals surface area contributed by atoms with Crippen molar-refractivity contribution in [2.75, 3.05) is 27.3 Å². The number of nitrogens with zero attached hydrogens (tertiary/aromatic N) is 1. The largest absolute Gasteiger partial charge is 0.497 e. The normalized spacial score (nSPS) is 12.5. The van der Waals surface area contributed by atoms with E-state index in [1.54, 1.807) is 14.2 Å². The summed E-state index contributed by atoms with van der Waals surface area (Å²) < 4.78 is 11.0. The standard InChI is InChI=1S/C21H29N3O2/c1-17(15-26-16-19-7-5-4-6-8-19)13-23-21(22-2)24-14-18-9-11-20(25-3)12-10-18/h4-12,17H,13-16H2,1-3H3,(H2,22,23,24). The third-order valence-electron chi connectivity index (χ3n) is 3.97. The van der Waals surface area contributed by atoms with Crippen LogP contribution in [-0.2, 0) is 17.9 Å². The van der Waals surface area contributed by atoms with E-state index in [1.807, 2.05) is 42.5 Å². The molecule has 2 aromatic carbocycles. The minimum Gasteiger partial charge on any atom is -0.497 e. The second-order valence-corrected chi connectivity index (χ2v) is 6.26. The van der Waals surface area contributed by atoms with E-state index < -0.39 is 0 Å². The molecule has 0 aromatic heterocycles. The number of hydrogen-bond acceptors (Lipinski definition) is 3. The topological polar surface area (TPSA) is 54.9 Å². The lowest BCUT2D eigenvalue weighted by atomic mass is 10.2. The van der Waals surface area contributed by atoms with Crippen molar-refractivity contribution >= 4 is 5.96 Å². The number of aliphatic imine (C=N–C) groups is 1. The number of nitrogens with one attached hydrogen (secondary N) is 2. The van der Waals surface area contributed by atoms with E-state index >= 15 is 0 Å². The van der Waals surface area contributed by atoms with E-state index in [4.69, 9.17) is 9.47 Å². The molecule has 0 radical (unpaired) electrons. The maximum atomic E-state index is 5.79. The van der Waals surface area contributed by atoms with Crippen molar-refractivity contribution in [3.63, 3.8) is 0 Å². The summed E-state index contributed by atoms with van der Waals surface area (Å²) in [5, 5.41) is 6.66. The molecule has 0 saturated heterocycles. The van der Waals surface area contributed by atoms with Crippen molar-refractivity contribution in [3.05, 3.63) is 65.7 Å². The molecular weight excluding hydrogens is 326 g/mol. The fraction of sp³-hybridized carbons (Fsp3) is 0.381. The van der Waals surface area contributed by atoms with Crippen molar-refractivity contribution in [3.8, 4) is 5.75 Å². The van der Waals surface area contributed by atoms with Gasteiger partial charge in [0.25, 0.3) is 0 Å². The smallest absolute Gasteiger partial charge is 0.191 e. The molecule has 0 amide bonds. The predicted octanol–water partition coefficient (Wildman–Crippen LogP) is 3.21. The first-order valence-corrected chi connectivity index (χ1v) is 8.90. The Bertz CT molecular complexity index is 657. The molecule has 0 bridgehead atoms. The maximum absolute atomic E-state index is 5.79. The number of guanidine groups is 1. The monoisotopic (exact) mass is 355 g/mol. The zero-order valence-electron chi connectivity index (χ0n) is 15.9. The number of methoxy groups -OCH3 is 1. The number of benzene rings is 2. The Balaban J connectivity index is 1.65. The van der Waals surface area contributed by atoms with Gasteiger partial charge in [0.05, 0.1) is 20.3 Å². The van der Waals surface area contributed by atoms with Gasteiger partial charge >= 0.3 is 0 Å². The highest BCUT2D eigenvalue weighted by molar-refractivity contribution is 5.79. The van der Waals surface area contributed by atoms with Gasteiger partial charge in [0.1, 0.15) is 5.75 Å². The minimum absolute atomic E-state index is 0.387. The number of rotatable bonds is 9. The molecule has 26 heavy (non-hydrogen) atoms. The van der Waals surface area contributed by atoms with E-state index in [0.717, 1.165) is 18.3 Å². The van der Waals surface area contributed by atoms with Crippen LogP contribution in [0.1, 0.15) is 18.1 Å². The average molecular weight is 355 g/mol. The van der Waals surface area contributed by atoms with Crippen LogP contribution in [-0.4, -0.2) is 33.3 Å². The second kappa shape index (κ2) is 11.2. The summed E-state index contributed by atoms with van der Waals surface area (Å²) in [5.41, 5.74) is 2.37. The minimum atomic E-state index is 0.387. The first-order chi connectivity index (χ1) is 12.7. The van der Waals surface area contributed by atoms with Gasteiger partial charge in [0.15, 0.2) is 5.96 Å². The third-order valence-corrected chi connectivity index (χ3v) is 3.97. The van der Waals surface area contributed by atoms with Gasteiger partial charge in [-0.2, -0.15) is 0 Å². The molecule has 0 heterocycles. The first-order valence-electron chi connectivity index (χ1n) is 8.90. The molecule has 0 aliphatic heterocycles. The van der Waals surface area contributed by atoms with E-state index in [0.29, 0.717) is 25.7 Å². The van der Waals surface area contributed by atoms with Gasteiger partial charge in [-0.25, -0.2) is 0 Å². The molecule has 2 N–H and O–H groups in total. The molecule has 2 rings (SSSR count). The van der Waals surface area contributed by atoms with E-state index in [1.165, 1.54) is 11.1 Å². The van der Waals surface area contributed by atoms with Crippen LogP contribution in [0.25, 0.3) is 0 Å². The molecular formula is C21H29N3O2. The van der Waals surface area contributed by atoms with Crippen molar-refractivity contribution in [2.45, 2.75) is 20.1 Å². The molecule has 140 valence electrons. The maximum Gasteiger partial charge on any atom is 0.191 e. The van der Waals surface area contributed by atoms with Gasteiger partial charge < -0.3 is 20.1 Å². The average Bonchev–Trinajstić information content (AvgIpc) is 2.69. The van der Waals surface area contributed by atoms with Gasteiger partial charge in [0.2, 0.25) is 0 Å². The number of ether oxygens (including phenoxy) is 2. The van der Waals surface area contributed by atoms with Crippen LogP contribution in [0.2, 0.25) is 0 Å². The van der Waals surface area contributed by atoms with Crippen LogP contribution in [0.4, 0.5) is 0 Å². The Morgan fingerprint density at radius 1 is 1.00 bits per heavy atom. The van der Waals surface area contributed by atoms with Gasteiger partial charge in [-0.3, -0.25) is 4.99 Å². The van der Waals surface area contributed by atoms with Gasteiger partial charge in [-0.1, -0.05) is 49.4 Å². The van der Waals surface area contributed by atoms with Crippen molar-refractivity contribution in [1.82, 2.24) is 10.6 Å². The quantitative estimate of drug-likeness (QED) is 0.536. The molecule has 0 aliphatic rings. The molecule has 2 aromatic rings. The molecule has 1 atom stereocenters. The molecule has 5 nitrogen and oxygen atoms in total. The summed E-state index contributed by atoms with van der Waals surface area (Å²) in [6.07, 6.45) is 0. The first kappa shape index (κ1) is 19.8. The van der Waals surface area contributed by atoms with Crippen molar-refractivity contribution in [1.29, 1.82) is 0 Å². The molecule has 1 unspecified atom stereocenters. The van der Waals surface area contributed by atoms with Crippen molar-refractivity contribution < 1.29 is 9.47 Å². The summed E-state index contributed by atoms with van der Waals surface area (Å²) in [6.45, 7) is 5.03. The van der Waals surface area contributed by atoms with Crippen LogP contribution in [0, 0.1) is 5.92 Å². The zero-order valence-corrected chi connectivity index (χ0v) is 15.9. The van der Waals surface area contributed by atoms with Gasteiger partial charge in [0, 0.05) is 20.1 Å². The Morgan fingerprint density at radius 2 is 1.73 bits per heavy atom. The zero-order chi connectivity index (χ0) is 18.6. The molecule has 5 heteroatoms. The second-order valence-electron chi connectivity index (χ2n) is 6.26. The summed E-state index contributed by atoms with van der Waals surface area (Å²) in [7, 11) is 3.45. The summed E-state index contributed by atoms with van der Waals surface area (Å²) in [5.74, 6) is 2.04. The Morgan fingerprint density at radius 3 is 2.38 bits per heavy atom. The lowest BCUT2D eigenvalue weighted by Crippen LogP contribution is -2.39. The lowest BCUT2D eigenvalue weighted by molar-refractivity contribution is 0.0931. The highest BCUT2D eigenvalue weighted by Gasteiger charge is 2.05. The van der Waals surface area contributed by atoms with E-state index in [-0.39, 0.29) is 0 Å². The van der Waals surface area contributed by atoms with Crippen LogP contribution in [0.15, 0.2) is 59.6 Å². The SMILES string of the molecule is CN=C(NCc1ccc(OC)cc1)NCC(C)COCc1ccccc1. The van der Waals surface area contributed by atoms with Gasteiger partial charge in [-0.15, -0.1) is 0 Å². The summed E-state index contributed by atoms with van der Waals surface area (Å²) in [4.78, 5) is 4.27. The summed E-state index contributed by atoms with van der Waals surface area (Å²) in [6, 6.07) is 18.2. The lowest BCUT2D eigenvalue weighted by Gasteiger charge is -2.16. The highest BCUT2D eigenvalue weighted by atomic mass is 16.5. The Kier molecular flexibility index (Phi) is 8.49. The van der Waals surface area contributed by atoms with Crippen LogP contribution >= 0.6 is 0 Å². The van der Waals surface area contributed by atoms with E-state index in [9.17, 15) is 0 Å². The van der Waals surface area contributed by atoms with Crippen molar-refractivity contribution in [2.24, 2.45) is 10.9 Å². The van der Waals surface area contributed by atoms with Crippen LogP contribution < -0.4 is 15.4 Å². The van der Waals surface area contributed by atoms with E-state index in [2.05, 4.69) is 34.7 Å². The molecule has 0 spiro atoms. The molecule has 0 aliphatic carbocycles. The fourth-order valence-electron chi connectivity index (χ4n) is 2.43. The molecule has 0 fully saturated rings. The molecule has 0 saturated carbocycles. The Labute approximate surface area is 156 Å². The Hall–Kier alpha value is -2.53. The van der Waals surface area contributed by atoms with Crippen LogP contribution in [0.3, 0.4) is 0 Å². The predicted molar refractivity (Wildman–Crippen MR) is 106 cm³/mol. The van der Waals surface area contributed by atoms with Gasteiger partial charge in [-0.05, 0) is 29.2 Å². The van der Waals surface area contributed by atoms with Crippen LogP contribution in [0.5, 0.6) is 5.75 Å². The number of hydrogen-bond donors (Lipinski definition) is 2. The third kappa shape index (κ3) is 7.15. The summed E-state index contributed by atoms with van der Waals surface area (Å²) >= 11 is 0. The highest BCUT2D eigenvalue weighted by Crippen LogP contribution is 2.10. The fourth-order valence-corrected chi connectivity index (χ4v) is 2.43.